The van der Waals surface area contributed by atoms with Crippen molar-refractivity contribution in [3.8, 4) is 0 Å². The van der Waals surface area contributed by atoms with Crippen molar-refractivity contribution in [2.75, 3.05) is 13.2 Å². The molecule has 0 aliphatic carbocycles. The van der Waals surface area contributed by atoms with Crippen molar-refractivity contribution in [2.45, 2.75) is 38.4 Å². The molecule has 88 valence electrons. The first-order valence-corrected chi connectivity index (χ1v) is 6.18. The van der Waals surface area contributed by atoms with Gasteiger partial charge in [0.15, 0.2) is 0 Å². The summed E-state index contributed by atoms with van der Waals surface area (Å²) in [5, 5.41) is 0. The van der Waals surface area contributed by atoms with Crippen LogP contribution >= 0.6 is 0 Å². The van der Waals surface area contributed by atoms with E-state index in [0.29, 0.717) is 6.10 Å². The lowest BCUT2D eigenvalue weighted by molar-refractivity contribution is -0.0563. The van der Waals surface area contributed by atoms with Crippen LogP contribution in [-0.2, 0) is 16.1 Å². The average Bonchev–Trinajstić information content (AvgIpc) is 2.27. The van der Waals surface area contributed by atoms with Crippen LogP contribution in [0.5, 0.6) is 0 Å². The summed E-state index contributed by atoms with van der Waals surface area (Å²) in [4.78, 5) is 0. The number of hydrogen-bond acceptors (Lipinski definition) is 2. The molecule has 2 rings (SSSR count). The Kier molecular flexibility index (Phi) is 4.84. The Balaban J connectivity index is 1.45. The van der Waals surface area contributed by atoms with Crippen molar-refractivity contribution >= 4 is 0 Å². The van der Waals surface area contributed by atoms with E-state index in [4.69, 9.17) is 9.47 Å². The lowest BCUT2D eigenvalue weighted by Gasteiger charge is -2.26. The van der Waals surface area contributed by atoms with Crippen LogP contribution in [0.15, 0.2) is 30.3 Å². The monoisotopic (exact) mass is 220 g/mol. The summed E-state index contributed by atoms with van der Waals surface area (Å²) in [6.45, 7) is 2.57. The van der Waals surface area contributed by atoms with Crippen LogP contribution in [0.1, 0.15) is 31.2 Å². The second kappa shape index (κ2) is 6.66. The second-order valence-corrected chi connectivity index (χ2v) is 4.32. The third kappa shape index (κ3) is 3.95. The molecule has 0 N–H and O–H groups in total. The minimum Gasteiger partial charge on any atom is -0.378 e. The summed E-state index contributed by atoms with van der Waals surface area (Å²) in [7, 11) is 0. The van der Waals surface area contributed by atoms with Crippen LogP contribution in [0.3, 0.4) is 0 Å². The van der Waals surface area contributed by atoms with E-state index in [1.165, 1.54) is 24.8 Å². The molecule has 0 aromatic heterocycles. The van der Waals surface area contributed by atoms with Gasteiger partial charge in [-0.25, -0.2) is 0 Å². The van der Waals surface area contributed by atoms with E-state index in [1.807, 2.05) is 18.2 Å². The quantitative estimate of drug-likeness (QED) is 0.657. The Morgan fingerprint density at radius 3 is 2.69 bits per heavy atom. The molecule has 0 bridgehead atoms. The van der Waals surface area contributed by atoms with Crippen molar-refractivity contribution in [1.82, 2.24) is 0 Å². The molecule has 1 atom stereocenters. The molecule has 1 heterocycles. The van der Waals surface area contributed by atoms with Gasteiger partial charge in [-0.1, -0.05) is 30.3 Å². The molecule has 1 aromatic rings. The molecule has 0 amide bonds. The van der Waals surface area contributed by atoms with Crippen molar-refractivity contribution < 1.29 is 9.47 Å². The fraction of sp³-hybridized carbons (Fsp3) is 0.571. The molecule has 1 saturated heterocycles. The molecule has 1 aliphatic heterocycles. The summed E-state index contributed by atoms with van der Waals surface area (Å²) >= 11 is 0. The van der Waals surface area contributed by atoms with E-state index in [2.05, 4.69) is 12.1 Å². The predicted octanol–water partition coefficient (Wildman–Crippen LogP) is 3.16. The highest BCUT2D eigenvalue weighted by atomic mass is 16.5. The first-order chi connectivity index (χ1) is 7.95. The van der Waals surface area contributed by atoms with Crippen molar-refractivity contribution in [3.63, 3.8) is 0 Å². The zero-order valence-corrected chi connectivity index (χ0v) is 9.73. The van der Waals surface area contributed by atoms with Crippen molar-refractivity contribution in [2.24, 2.45) is 0 Å². The lowest BCUT2D eigenvalue weighted by Crippen LogP contribution is -2.26. The van der Waals surface area contributed by atoms with E-state index in [1.54, 1.807) is 0 Å². The molecular weight excluding hydrogens is 200 g/mol. The first kappa shape index (κ1) is 11.6. The van der Waals surface area contributed by atoms with E-state index in [0.717, 1.165) is 26.2 Å². The van der Waals surface area contributed by atoms with E-state index in [-0.39, 0.29) is 0 Å². The Morgan fingerprint density at radius 2 is 2.00 bits per heavy atom. The third-order valence-corrected chi connectivity index (χ3v) is 2.97. The molecule has 0 spiro atoms. The molecule has 2 heteroatoms. The summed E-state index contributed by atoms with van der Waals surface area (Å²) in [6, 6.07) is 10.3. The number of rotatable bonds is 7. The third-order valence-electron chi connectivity index (χ3n) is 2.97. The molecule has 0 saturated carbocycles. The number of benzene rings is 1. The Bertz CT molecular complexity index is 280. The van der Waals surface area contributed by atoms with Crippen molar-refractivity contribution in [1.29, 1.82) is 0 Å². The van der Waals surface area contributed by atoms with E-state index < -0.39 is 0 Å². The van der Waals surface area contributed by atoms with Gasteiger partial charge in [-0.3, -0.25) is 0 Å². The molecule has 1 aromatic carbocycles. The standard InChI is InChI=1S/C14H20O2/c1-2-6-13(7-3-1)12-15-10-5-4-8-14-9-11-16-14/h1-3,6-7,14H,4-5,8-12H2. The average molecular weight is 220 g/mol. The molecule has 0 radical (unpaired) electrons. The topological polar surface area (TPSA) is 18.5 Å². The normalized spacial score (nSPS) is 19.4. The van der Waals surface area contributed by atoms with E-state index >= 15 is 0 Å². The Hall–Kier alpha value is -0.860. The van der Waals surface area contributed by atoms with Gasteiger partial charge < -0.3 is 9.47 Å². The summed E-state index contributed by atoms with van der Waals surface area (Å²) in [6.07, 6.45) is 5.38. The van der Waals surface area contributed by atoms with Gasteiger partial charge in [-0.2, -0.15) is 0 Å². The Labute approximate surface area is 97.6 Å². The first-order valence-electron chi connectivity index (χ1n) is 6.18. The second-order valence-electron chi connectivity index (χ2n) is 4.32. The van der Waals surface area contributed by atoms with Crippen LogP contribution in [0.2, 0.25) is 0 Å². The van der Waals surface area contributed by atoms with Gasteiger partial charge in [0.2, 0.25) is 0 Å². The SMILES string of the molecule is c1ccc(COCCCCC2CCO2)cc1. The summed E-state index contributed by atoms with van der Waals surface area (Å²) < 4.78 is 11.0. The number of ether oxygens (including phenoxy) is 2. The minimum atomic E-state index is 0.550. The predicted molar refractivity (Wildman–Crippen MR) is 64.3 cm³/mol. The highest BCUT2D eigenvalue weighted by molar-refractivity contribution is 5.13. The van der Waals surface area contributed by atoms with Crippen LogP contribution in [0.25, 0.3) is 0 Å². The van der Waals surface area contributed by atoms with Gasteiger partial charge in [-0.05, 0) is 31.2 Å². The van der Waals surface area contributed by atoms with Crippen LogP contribution in [0, 0.1) is 0 Å². The zero-order chi connectivity index (χ0) is 11.1. The summed E-state index contributed by atoms with van der Waals surface area (Å²) in [5.41, 5.74) is 1.25. The largest absolute Gasteiger partial charge is 0.378 e. The van der Waals surface area contributed by atoms with Gasteiger partial charge in [0, 0.05) is 13.2 Å². The van der Waals surface area contributed by atoms with Crippen LogP contribution in [0.4, 0.5) is 0 Å². The Morgan fingerprint density at radius 1 is 1.19 bits per heavy atom. The maximum atomic E-state index is 5.61. The number of unbranched alkanes of at least 4 members (excludes halogenated alkanes) is 1. The van der Waals surface area contributed by atoms with Gasteiger partial charge in [0.25, 0.3) is 0 Å². The van der Waals surface area contributed by atoms with Gasteiger partial charge in [-0.15, -0.1) is 0 Å². The minimum absolute atomic E-state index is 0.550. The van der Waals surface area contributed by atoms with E-state index in [9.17, 15) is 0 Å². The zero-order valence-electron chi connectivity index (χ0n) is 9.73. The van der Waals surface area contributed by atoms with Gasteiger partial charge in [0.05, 0.1) is 12.7 Å². The maximum Gasteiger partial charge on any atom is 0.0716 e. The highest BCUT2D eigenvalue weighted by Crippen LogP contribution is 2.17. The number of hydrogen-bond donors (Lipinski definition) is 0. The fourth-order valence-electron chi connectivity index (χ4n) is 1.85. The van der Waals surface area contributed by atoms with Gasteiger partial charge in [0.1, 0.15) is 0 Å². The molecule has 16 heavy (non-hydrogen) atoms. The smallest absolute Gasteiger partial charge is 0.0716 e. The summed E-state index contributed by atoms with van der Waals surface area (Å²) in [5.74, 6) is 0. The van der Waals surface area contributed by atoms with Crippen LogP contribution in [-0.4, -0.2) is 19.3 Å². The fourth-order valence-corrected chi connectivity index (χ4v) is 1.85. The highest BCUT2D eigenvalue weighted by Gasteiger charge is 2.16. The molecule has 1 unspecified atom stereocenters. The van der Waals surface area contributed by atoms with Crippen LogP contribution < -0.4 is 0 Å². The van der Waals surface area contributed by atoms with Gasteiger partial charge >= 0.3 is 0 Å². The molecule has 1 aliphatic rings. The molecule has 1 fully saturated rings. The lowest BCUT2D eigenvalue weighted by atomic mass is 10.1. The maximum absolute atomic E-state index is 5.61. The van der Waals surface area contributed by atoms with Crippen molar-refractivity contribution in [3.05, 3.63) is 35.9 Å². The molecule has 2 nitrogen and oxygen atoms in total. The molecular formula is C14H20O2.